The van der Waals surface area contributed by atoms with Gasteiger partial charge in [0, 0.05) is 23.4 Å². The Labute approximate surface area is 196 Å². The molecule has 4 aromatic rings. The Kier molecular flexibility index (Phi) is 6.65. The van der Waals surface area contributed by atoms with E-state index in [1.807, 2.05) is 45.0 Å². The first-order chi connectivity index (χ1) is 15.9. The van der Waals surface area contributed by atoms with E-state index in [0.717, 1.165) is 28.7 Å². The summed E-state index contributed by atoms with van der Waals surface area (Å²) < 4.78 is 8.90. The van der Waals surface area contributed by atoms with Crippen LogP contribution < -0.4 is 10.3 Å². The van der Waals surface area contributed by atoms with Crippen LogP contribution in [0.25, 0.3) is 11.0 Å². The Hall–Kier alpha value is -3.39. The van der Waals surface area contributed by atoms with Crippen LogP contribution >= 0.6 is 11.8 Å². The molecule has 0 saturated carbocycles. The molecule has 2 aromatic carbocycles. The molecule has 0 unspecified atom stereocenters. The predicted molar refractivity (Wildman–Crippen MR) is 130 cm³/mol. The summed E-state index contributed by atoms with van der Waals surface area (Å²) in [5, 5.41) is 5.11. The Balaban J connectivity index is 1.80. The smallest absolute Gasteiger partial charge is 0.280 e. The first-order valence-corrected chi connectivity index (χ1v) is 11.7. The van der Waals surface area contributed by atoms with E-state index in [2.05, 4.69) is 5.10 Å². The van der Waals surface area contributed by atoms with Gasteiger partial charge in [0.15, 0.2) is 10.7 Å². The number of hydrogen-bond donors (Lipinski definition) is 0. The van der Waals surface area contributed by atoms with E-state index in [9.17, 15) is 9.59 Å². The highest BCUT2D eigenvalue weighted by atomic mass is 32.2. The zero-order valence-electron chi connectivity index (χ0n) is 19.2. The van der Waals surface area contributed by atoms with Crippen molar-refractivity contribution in [2.45, 2.75) is 44.8 Å². The van der Waals surface area contributed by atoms with E-state index in [0.29, 0.717) is 46.3 Å². The minimum Gasteiger partial charge on any atom is -0.496 e. The maximum absolute atomic E-state index is 13.6. The van der Waals surface area contributed by atoms with Crippen molar-refractivity contribution in [2.75, 3.05) is 7.11 Å². The van der Waals surface area contributed by atoms with Gasteiger partial charge in [-0.3, -0.25) is 18.8 Å². The molecule has 170 valence electrons. The molecule has 8 heteroatoms. The highest BCUT2D eigenvalue weighted by molar-refractivity contribution is 7.98. The summed E-state index contributed by atoms with van der Waals surface area (Å²) in [5.74, 6) is 1.19. The van der Waals surface area contributed by atoms with Gasteiger partial charge in [-0.1, -0.05) is 41.6 Å². The zero-order chi connectivity index (χ0) is 23.5. The average Bonchev–Trinajstić information content (AvgIpc) is 3.16. The fourth-order valence-electron chi connectivity index (χ4n) is 3.77. The summed E-state index contributed by atoms with van der Waals surface area (Å²) in [6, 6.07) is 13.4. The van der Waals surface area contributed by atoms with Gasteiger partial charge in [-0.2, -0.15) is 5.10 Å². The molecule has 0 aliphatic carbocycles. The second-order valence-electron chi connectivity index (χ2n) is 7.85. The number of aryl methyl sites for hydroxylation is 3. The van der Waals surface area contributed by atoms with Crippen molar-refractivity contribution in [3.8, 4) is 5.75 Å². The van der Waals surface area contributed by atoms with Crippen LogP contribution in [-0.4, -0.2) is 32.7 Å². The van der Waals surface area contributed by atoms with Gasteiger partial charge in [0.2, 0.25) is 0 Å². The molecule has 33 heavy (non-hydrogen) atoms. The topological polar surface area (TPSA) is 79.0 Å². The first-order valence-electron chi connectivity index (χ1n) is 10.7. The maximum atomic E-state index is 13.6. The van der Waals surface area contributed by atoms with Crippen LogP contribution in [0.1, 0.15) is 39.7 Å². The molecule has 0 spiro atoms. The highest BCUT2D eigenvalue weighted by Gasteiger charge is 2.19. The lowest BCUT2D eigenvalue weighted by molar-refractivity contribution is 0.112. The molecule has 0 amide bonds. The number of ether oxygens (including phenoxy) is 1. The van der Waals surface area contributed by atoms with Gasteiger partial charge in [0.05, 0.1) is 19.3 Å². The quantitative estimate of drug-likeness (QED) is 0.220. The SMILES string of the molecule is CCn1nc(C)c2nc(SCc3cc(C=O)ccc3OC)n(Cc3ccc(C)cc3)c(=O)c21. The van der Waals surface area contributed by atoms with Crippen LogP contribution in [0.4, 0.5) is 0 Å². The summed E-state index contributed by atoms with van der Waals surface area (Å²) in [4.78, 5) is 29.7. The number of fused-ring (bicyclic) bond motifs is 1. The van der Waals surface area contributed by atoms with Crippen molar-refractivity contribution in [3.05, 3.63) is 80.8 Å². The molecule has 2 heterocycles. The molecule has 0 radical (unpaired) electrons. The summed E-state index contributed by atoms with van der Waals surface area (Å²) in [6.07, 6.45) is 0.813. The molecule has 0 N–H and O–H groups in total. The molecule has 0 aliphatic heterocycles. The van der Waals surface area contributed by atoms with E-state index in [1.165, 1.54) is 11.8 Å². The van der Waals surface area contributed by atoms with Crippen molar-refractivity contribution in [3.63, 3.8) is 0 Å². The van der Waals surface area contributed by atoms with Crippen LogP contribution in [0, 0.1) is 13.8 Å². The van der Waals surface area contributed by atoms with Crippen LogP contribution in [0.3, 0.4) is 0 Å². The molecule has 4 rings (SSSR count). The van der Waals surface area contributed by atoms with Crippen molar-refractivity contribution in [1.29, 1.82) is 0 Å². The van der Waals surface area contributed by atoms with Gasteiger partial charge in [-0.25, -0.2) is 4.98 Å². The van der Waals surface area contributed by atoms with E-state index < -0.39 is 0 Å². The highest BCUT2D eigenvalue weighted by Crippen LogP contribution is 2.29. The molecular formula is C25H26N4O3S. The zero-order valence-corrected chi connectivity index (χ0v) is 20.0. The molecule has 7 nitrogen and oxygen atoms in total. The van der Waals surface area contributed by atoms with Gasteiger partial charge in [-0.05, 0) is 44.5 Å². The standard InChI is InChI=1S/C25H26N4O3S/c1-5-29-23-22(17(3)27-29)26-25(28(24(23)31)13-18-8-6-16(2)7-9-18)33-15-20-12-19(14-30)10-11-21(20)32-4/h6-12,14H,5,13,15H2,1-4H3. The molecule has 0 atom stereocenters. The molecule has 0 fully saturated rings. The number of nitrogens with zero attached hydrogens (tertiary/aromatic N) is 4. The van der Waals surface area contributed by atoms with Gasteiger partial charge >= 0.3 is 0 Å². The van der Waals surface area contributed by atoms with Crippen molar-refractivity contribution >= 4 is 29.1 Å². The summed E-state index contributed by atoms with van der Waals surface area (Å²) in [5.41, 5.74) is 5.39. The Morgan fingerprint density at radius 1 is 1.12 bits per heavy atom. The molecule has 0 aliphatic rings. The van der Waals surface area contributed by atoms with Gasteiger partial charge < -0.3 is 4.74 Å². The number of hydrogen-bond acceptors (Lipinski definition) is 6. The minimum atomic E-state index is -0.112. The Morgan fingerprint density at radius 2 is 1.88 bits per heavy atom. The summed E-state index contributed by atoms with van der Waals surface area (Å²) >= 11 is 1.44. The lowest BCUT2D eigenvalue weighted by Crippen LogP contribution is -2.25. The van der Waals surface area contributed by atoms with Crippen LogP contribution in [0.5, 0.6) is 5.75 Å². The third kappa shape index (κ3) is 4.57. The maximum Gasteiger partial charge on any atom is 0.280 e. The fraction of sp³-hybridized carbons (Fsp3) is 0.280. The number of methoxy groups -OCH3 is 1. The average molecular weight is 463 g/mol. The molecular weight excluding hydrogens is 436 g/mol. The van der Waals surface area contributed by atoms with Crippen LogP contribution in [0.15, 0.2) is 52.4 Å². The predicted octanol–water partition coefficient (Wildman–Crippen LogP) is 4.39. The monoisotopic (exact) mass is 462 g/mol. The van der Waals surface area contributed by atoms with Crippen molar-refractivity contribution < 1.29 is 9.53 Å². The lowest BCUT2D eigenvalue weighted by Gasteiger charge is -2.14. The number of aldehydes is 1. The lowest BCUT2D eigenvalue weighted by atomic mass is 10.1. The fourth-order valence-corrected chi connectivity index (χ4v) is 4.74. The molecule has 0 saturated heterocycles. The van der Waals surface area contributed by atoms with E-state index in [1.54, 1.807) is 34.6 Å². The first kappa shape index (κ1) is 22.8. The van der Waals surface area contributed by atoms with E-state index in [4.69, 9.17) is 9.72 Å². The normalized spacial score (nSPS) is 11.2. The van der Waals surface area contributed by atoms with Crippen molar-refractivity contribution in [2.24, 2.45) is 0 Å². The Bertz CT molecular complexity index is 1370. The van der Waals surface area contributed by atoms with Gasteiger partial charge in [-0.15, -0.1) is 0 Å². The second-order valence-corrected chi connectivity index (χ2v) is 8.79. The van der Waals surface area contributed by atoms with Gasteiger partial charge in [0.1, 0.15) is 17.6 Å². The number of carbonyl (C=O) groups is 1. The third-order valence-electron chi connectivity index (χ3n) is 5.54. The number of carbonyl (C=O) groups excluding carboxylic acids is 1. The minimum absolute atomic E-state index is 0.112. The van der Waals surface area contributed by atoms with E-state index in [-0.39, 0.29) is 5.56 Å². The third-order valence-corrected chi connectivity index (χ3v) is 6.57. The summed E-state index contributed by atoms with van der Waals surface area (Å²) in [6.45, 7) is 6.87. The van der Waals surface area contributed by atoms with Crippen LogP contribution in [-0.2, 0) is 18.8 Å². The number of rotatable bonds is 8. The van der Waals surface area contributed by atoms with Crippen molar-refractivity contribution in [1.82, 2.24) is 19.3 Å². The molecule has 2 aromatic heterocycles. The number of thioether (sulfide) groups is 1. The molecule has 0 bridgehead atoms. The number of aromatic nitrogens is 4. The Morgan fingerprint density at radius 3 is 2.55 bits per heavy atom. The van der Waals surface area contributed by atoms with E-state index >= 15 is 0 Å². The number of benzene rings is 2. The van der Waals surface area contributed by atoms with Gasteiger partial charge in [0.25, 0.3) is 5.56 Å². The second kappa shape index (κ2) is 9.62. The largest absolute Gasteiger partial charge is 0.496 e. The van der Waals surface area contributed by atoms with Crippen LogP contribution in [0.2, 0.25) is 0 Å². The summed E-state index contributed by atoms with van der Waals surface area (Å²) in [7, 11) is 1.60.